The van der Waals surface area contributed by atoms with Crippen molar-refractivity contribution in [1.82, 2.24) is 4.98 Å². The van der Waals surface area contributed by atoms with Crippen molar-refractivity contribution in [3.05, 3.63) is 60.5 Å². The van der Waals surface area contributed by atoms with Gasteiger partial charge in [0.15, 0.2) is 11.5 Å². The van der Waals surface area contributed by atoms with Gasteiger partial charge in [-0.3, -0.25) is 0 Å². The van der Waals surface area contributed by atoms with Gasteiger partial charge in [0, 0.05) is 6.07 Å². The Kier molecular flexibility index (Phi) is 4.08. The normalized spacial score (nSPS) is 12.8. The molecule has 0 saturated carbocycles. The lowest BCUT2D eigenvalue weighted by Crippen LogP contribution is -2.08. The second-order valence-electron chi connectivity index (χ2n) is 5.61. The summed E-state index contributed by atoms with van der Waals surface area (Å²) in [5, 5.41) is 0. The number of ether oxygens (including phenoxy) is 3. The van der Waals surface area contributed by atoms with Crippen LogP contribution < -0.4 is 19.9 Å². The van der Waals surface area contributed by atoms with E-state index in [2.05, 4.69) is 4.98 Å². The molecule has 0 fully saturated rings. The third kappa shape index (κ3) is 3.13. The van der Waals surface area contributed by atoms with Crippen molar-refractivity contribution in [3.8, 4) is 23.1 Å². The number of sulfone groups is 1. The van der Waals surface area contributed by atoms with Crippen LogP contribution in [-0.4, -0.2) is 20.2 Å². The van der Waals surface area contributed by atoms with Crippen molar-refractivity contribution in [3.63, 3.8) is 0 Å². The minimum absolute atomic E-state index is 0.0606. The molecule has 1 aliphatic rings. The topological polar surface area (TPSA) is 101 Å². The van der Waals surface area contributed by atoms with Crippen LogP contribution in [0.4, 0.5) is 10.1 Å². The molecular weight excluding hydrogens is 375 g/mol. The maximum Gasteiger partial charge on any atom is 0.245 e. The minimum atomic E-state index is -4.10. The predicted octanol–water partition coefficient (Wildman–Crippen LogP) is 3.16. The summed E-state index contributed by atoms with van der Waals surface area (Å²) in [4.78, 5) is 2.91. The monoisotopic (exact) mass is 388 g/mol. The molecule has 2 heterocycles. The van der Waals surface area contributed by atoms with E-state index in [0.29, 0.717) is 11.5 Å². The van der Waals surface area contributed by atoms with Crippen LogP contribution in [-0.2, 0) is 9.84 Å². The summed E-state index contributed by atoms with van der Waals surface area (Å²) in [5.41, 5.74) is 5.73. The van der Waals surface area contributed by atoms with Crippen LogP contribution >= 0.6 is 0 Å². The predicted molar refractivity (Wildman–Crippen MR) is 93.1 cm³/mol. The van der Waals surface area contributed by atoms with Crippen molar-refractivity contribution in [1.29, 1.82) is 0 Å². The number of hydrogen-bond acceptors (Lipinski definition) is 7. The molecule has 0 amide bonds. The minimum Gasteiger partial charge on any atom is -0.454 e. The lowest BCUT2D eigenvalue weighted by Gasteiger charge is -2.11. The van der Waals surface area contributed by atoms with E-state index in [1.807, 2.05) is 0 Å². The van der Waals surface area contributed by atoms with E-state index in [1.165, 1.54) is 18.2 Å². The van der Waals surface area contributed by atoms with Gasteiger partial charge in [0.25, 0.3) is 0 Å². The fourth-order valence-electron chi connectivity index (χ4n) is 2.52. The van der Waals surface area contributed by atoms with Crippen molar-refractivity contribution >= 4 is 15.5 Å². The van der Waals surface area contributed by atoms with Gasteiger partial charge in [-0.2, -0.15) is 9.37 Å². The number of nitrogens with zero attached hydrogens (tertiary/aromatic N) is 1. The zero-order valence-corrected chi connectivity index (χ0v) is 14.6. The second-order valence-corrected chi connectivity index (χ2v) is 7.52. The Labute approximate surface area is 154 Å². The molecule has 0 radical (unpaired) electrons. The van der Waals surface area contributed by atoms with Crippen LogP contribution in [0, 0.1) is 5.95 Å². The highest BCUT2D eigenvalue weighted by atomic mass is 32.2. The van der Waals surface area contributed by atoms with Gasteiger partial charge in [-0.15, -0.1) is 0 Å². The standard InChI is InChI=1S/C18H13FN2O5S/c19-17-16(27(22,23)12-4-2-1-3-5-12)9-13(20)18(21-17)26-11-6-7-14-15(8-11)25-10-24-14/h1-9H,10,20H2. The van der Waals surface area contributed by atoms with E-state index in [-0.39, 0.29) is 29.0 Å². The van der Waals surface area contributed by atoms with Gasteiger partial charge in [0.05, 0.1) is 10.6 Å². The van der Waals surface area contributed by atoms with Crippen LogP contribution in [0.2, 0.25) is 0 Å². The van der Waals surface area contributed by atoms with Crippen LogP contribution in [0.5, 0.6) is 23.1 Å². The third-order valence-electron chi connectivity index (χ3n) is 3.84. The average Bonchev–Trinajstić information content (AvgIpc) is 3.13. The van der Waals surface area contributed by atoms with Gasteiger partial charge in [-0.05, 0) is 30.3 Å². The van der Waals surface area contributed by atoms with Crippen molar-refractivity contribution in [2.24, 2.45) is 0 Å². The molecule has 0 saturated heterocycles. The summed E-state index contributed by atoms with van der Waals surface area (Å²) in [5.74, 6) is -0.146. The van der Waals surface area contributed by atoms with Gasteiger partial charge < -0.3 is 19.9 Å². The van der Waals surface area contributed by atoms with Gasteiger partial charge in [0.1, 0.15) is 10.6 Å². The Hall–Kier alpha value is -3.33. The zero-order chi connectivity index (χ0) is 19.0. The number of aromatic nitrogens is 1. The quantitative estimate of drug-likeness (QED) is 0.685. The highest BCUT2D eigenvalue weighted by Crippen LogP contribution is 2.37. The molecule has 1 aromatic heterocycles. The van der Waals surface area contributed by atoms with Crippen LogP contribution in [0.1, 0.15) is 0 Å². The molecule has 0 bridgehead atoms. The maximum atomic E-state index is 14.5. The number of anilines is 1. The zero-order valence-electron chi connectivity index (χ0n) is 13.8. The number of halogens is 1. The Morgan fingerprint density at radius 3 is 2.56 bits per heavy atom. The van der Waals surface area contributed by atoms with Gasteiger partial charge in [0.2, 0.25) is 28.5 Å². The number of rotatable bonds is 4. The SMILES string of the molecule is Nc1cc(S(=O)(=O)c2ccccc2)c(F)nc1Oc1ccc2c(c1)OCO2. The van der Waals surface area contributed by atoms with Crippen molar-refractivity contribution in [2.45, 2.75) is 9.79 Å². The first-order chi connectivity index (χ1) is 12.9. The summed E-state index contributed by atoms with van der Waals surface area (Å²) in [7, 11) is -4.10. The Balaban J connectivity index is 1.68. The number of nitrogens with two attached hydrogens (primary N) is 1. The van der Waals surface area contributed by atoms with E-state index >= 15 is 0 Å². The largest absolute Gasteiger partial charge is 0.454 e. The molecule has 0 unspecified atom stereocenters. The first-order valence-corrected chi connectivity index (χ1v) is 9.27. The van der Waals surface area contributed by atoms with Crippen molar-refractivity contribution in [2.75, 3.05) is 12.5 Å². The summed E-state index contributed by atoms with van der Waals surface area (Å²) < 4.78 is 55.6. The first kappa shape index (κ1) is 17.1. The highest BCUT2D eigenvalue weighted by Gasteiger charge is 2.25. The number of hydrogen-bond donors (Lipinski definition) is 1. The molecule has 0 aliphatic carbocycles. The number of nitrogen functional groups attached to an aromatic ring is 1. The first-order valence-electron chi connectivity index (χ1n) is 7.79. The Bertz CT molecular complexity index is 1120. The van der Waals surface area contributed by atoms with Crippen molar-refractivity contribution < 1.29 is 27.0 Å². The highest BCUT2D eigenvalue weighted by molar-refractivity contribution is 7.91. The van der Waals surface area contributed by atoms with Gasteiger partial charge >= 0.3 is 0 Å². The summed E-state index contributed by atoms with van der Waals surface area (Å²) in [6.07, 6.45) is 0. The number of fused-ring (bicyclic) bond motifs is 1. The van der Waals surface area contributed by atoms with Gasteiger partial charge in [-0.1, -0.05) is 18.2 Å². The lowest BCUT2D eigenvalue weighted by atomic mass is 10.3. The van der Waals surface area contributed by atoms with Crippen LogP contribution in [0.25, 0.3) is 0 Å². The smallest absolute Gasteiger partial charge is 0.245 e. The third-order valence-corrected chi connectivity index (χ3v) is 5.60. The Morgan fingerprint density at radius 1 is 1.04 bits per heavy atom. The molecule has 9 heteroatoms. The number of benzene rings is 2. The molecule has 0 spiro atoms. The van der Waals surface area contributed by atoms with Crippen LogP contribution in [0.3, 0.4) is 0 Å². The summed E-state index contributed by atoms with van der Waals surface area (Å²) in [6.45, 7) is 0.0971. The molecule has 2 N–H and O–H groups in total. The van der Waals surface area contributed by atoms with Gasteiger partial charge in [-0.25, -0.2) is 8.42 Å². The molecule has 7 nitrogen and oxygen atoms in total. The maximum absolute atomic E-state index is 14.5. The average molecular weight is 388 g/mol. The summed E-state index contributed by atoms with van der Waals surface area (Å²) in [6, 6.07) is 13.2. The second kappa shape index (κ2) is 6.44. The van der Waals surface area contributed by atoms with E-state index in [9.17, 15) is 12.8 Å². The Morgan fingerprint density at radius 2 is 1.78 bits per heavy atom. The molecule has 4 rings (SSSR count). The molecule has 2 aromatic carbocycles. The number of pyridine rings is 1. The molecule has 0 atom stereocenters. The summed E-state index contributed by atoms with van der Waals surface area (Å²) >= 11 is 0. The lowest BCUT2D eigenvalue weighted by molar-refractivity contribution is 0.174. The molecule has 138 valence electrons. The van der Waals surface area contributed by atoms with E-state index in [0.717, 1.165) is 6.07 Å². The molecule has 1 aliphatic heterocycles. The molecule has 3 aromatic rings. The molecule has 27 heavy (non-hydrogen) atoms. The van der Waals surface area contributed by atoms with E-state index in [1.54, 1.807) is 30.3 Å². The van der Waals surface area contributed by atoms with E-state index < -0.39 is 20.7 Å². The van der Waals surface area contributed by atoms with E-state index in [4.69, 9.17) is 19.9 Å². The fraction of sp³-hybridized carbons (Fsp3) is 0.0556. The molecular formula is C18H13FN2O5S. The van der Waals surface area contributed by atoms with Crippen LogP contribution in [0.15, 0.2) is 64.4 Å². The fourth-order valence-corrected chi connectivity index (χ4v) is 3.84.